The number of Topliss-reactive ketones (excluding diaryl/α,β-unsaturated/α-hetero) is 2. The highest BCUT2D eigenvalue weighted by Crippen LogP contribution is 2.44. The lowest BCUT2D eigenvalue weighted by molar-refractivity contribution is 0.104. The lowest BCUT2D eigenvalue weighted by Crippen LogP contribution is -2.08. The first-order valence-electron chi connectivity index (χ1n) is 26.6. The van der Waals surface area contributed by atoms with Gasteiger partial charge in [-0.05, 0) is 68.8 Å². The number of phenolic OH excluding ortho intramolecular Hbond substituents is 2. The molecule has 0 amide bonds. The van der Waals surface area contributed by atoms with Crippen molar-refractivity contribution in [1.29, 1.82) is 0 Å². The van der Waals surface area contributed by atoms with Crippen molar-refractivity contribution in [2.45, 2.75) is 39.6 Å². The number of ketones is 2. The zero-order chi connectivity index (χ0) is 56.6. The maximum atomic E-state index is 15.0. The van der Waals surface area contributed by atoms with Crippen molar-refractivity contribution in [2.24, 2.45) is 0 Å². The van der Waals surface area contributed by atoms with Gasteiger partial charge in [0.15, 0.2) is 0 Å². The molecule has 0 spiro atoms. The van der Waals surface area contributed by atoms with Crippen molar-refractivity contribution >= 4 is 22.7 Å². The van der Waals surface area contributed by atoms with E-state index in [2.05, 4.69) is 13.2 Å². The van der Waals surface area contributed by atoms with Gasteiger partial charge in [-0.3, -0.25) is 9.59 Å². The molecule has 0 bridgehead atoms. The highest BCUT2D eigenvalue weighted by molar-refractivity contribution is 6.31. The largest absolute Gasteiger partial charge is 0.507 e. The maximum Gasteiger partial charge on any atom is 0.200 e. The van der Waals surface area contributed by atoms with Gasteiger partial charge in [0.2, 0.25) is 11.6 Å². The molecule has 0 aliphatic carbocycles. The fourth-order valence-electron chi connectivity index (χ4n) is 9.10. The number of ether oxygens (including phenoxy) is 6. The van der Waals surface area contributed by atoms with Gasteiger partial charge in [0, 0.05) is 46.5 Å². The van der Waals surface area contributed by atoms with Crippen LogP contribution in [0.1, 0.15) is 65.2 Å². The van der Waals surface area contributed by atoms with Crippen LogP contribution in [0.3, 0.4) is 0 Å². The first-order valence-corrected chi connectivity index (χ1v) is 26.6. The summed E-state index contributed by atoms with van der Waals surface area (Å²) in [6, 6.07) is 74.1. The van der Waals surface area contributed by atoms with Crippen LogP contribution in [0.4, 0.5) is 0 Å². The van der Waals surface area contributed by atoms with Crippen molar-refractivity contribution in [3.8, 4) is 57.1 Å². The summed E-state index contributed by atoms with van der Waals surface area (Å²) in [5, 5.41) is 23.5. The van der Waals surface area contributed by atoms with Crippen molar-refractivity contribution in [3.63, 3.8) is 0 Å². The molecule has 10 heteroatoms. The molecular formula is C72H58O10. The predicted molar refractivity (Wildman–Crippen MR) is 319 cm³/mol. The van der Waals surface area contributed by atoms with Crippen LogP contribution < -0.4 is 28.4 Å². The summed E-state index contributed by atoms with van der Waals surface area (Å²) in [7, 11) is 0. The van der Waals surface area contributed by atoms with E-state index >= 15 is 0 Å². The Morgan fingerprint density at radius 1 is 0.305 bits per heavy atom. The summed E-state index contributed by atoms with van der Waals surface area (Å²) >= 11 is 0. The molecule has 10 aromatic rings. The number of rotatable bonds is 25. The molecule has 0 heterocycles. The Labute approximate surface area is 477 Å². The second kappa shape index (κ2) is 26.4. The molecule has 0 atom stereocenters. The van der Waals surface area contributed by atoms with Crippen molar-refractivity contribution in [2.75, 3.05) is 0 Å². The third-order valence-electron chi connectivity index (χ3n) is 13.5. The highest BCUT2D eigenvalue weighted by Gasteiger charge is 2.27. The minimum Gasteiger partial charge on any atom is -0.507 e. The minimum atomic E-state index is -0.603. The van der Waals surface area contributed by atoms with Gasteiger partial charge in [0.1, 0.15) is 96.8 Å². The molecule has 0 fully saturated rings. The number of phenols is 2. The molecule has 406 valence electrons. The van der Waals surface area contributed by atoms with Crippen molar-refractivity contribution < 1.29 is 48.2 Å². The second-order valence-electron chi connectivity index (χ2n) is 19.3. The van der Waals surface area contributed by atoms with Crippen LogP contribution >= 0.6 is 0 Å². The van der Waals surface area contributed by atoms with Crippen LogP contribution in [-0.4, -0.2) is 21.8 Å². The Balaban J connectivity index is 1.03. The lowest BCUT2D eigenvalue weighted by atomic mass is 9.91. The topological polar surface area (TPSA) is 130 Å². The zero-order valence-corrected chi connectivity index (χ0v) is 44.9. The van der Waals surface area contributed by atoms with E-state index in [1.54, 1.807) is 48.5 Å². The number of hydrogen-bond acceptors (Lipinski definition) is 10. The Hall–Kier alpha value is -10.6. The Kier molecular flexibility index (Phi) is 17.6. The molecule has 0 unspecified atom stereocenters. The van der Waals surface area contributed by atoms with Gasteiger partial charge in [0.25, 0.3) is 0 Å². The summed E-state index contributed by atoms with van der Waals surface area (Å²) in [6.07, 6.45) is 0. The standard InChI is InChI=1S/C72H58O10/c1-49(71(75)69-63(73)39-59(77-43-51-21-9-3-10-22-51)41-67(69)81-47-55-29-17-7-18-30-55)57-33-35-65(79-45-53-25-13-5-14-26-53)61(37-57)62-38-58(34-36-66(62)80-46-54-27-15-6-16-28-54)50(2)72(76)70-64(74)40-60(78-44-52-23-11-4-12-24-52)42-68(70)82-48-56-31-19-8-20-32-56/h3-42,73-74H,1-2,43-48H2. The number of benzene rings is 10. The van der Waals surface area contributed by atoms with Crippen molar-refractivity contribution in [1.82, 2.24) is 0 Å². The van der Waals surface area contributed by atoms with E-state index in [1.807, 2.05) is 182 Å². The van der Waals surface area contributed by atoms with Gasteiger partial charge in [0.05, 0.1) is 0 Å². The maximum absolute atomic E-state index is 15.0. The molecule has 10 aromatic carbocycles. The summed E-state index contributed by atoms with van der Waals surface area (Å²) in [6.45, 7) is 9.63. The first-order chi connectivity index (χ1) is 40.1. The molecule has 82 heavy (non-hydrogen) atoms. The zero-order valence-electron chi connectivity index (χ0n) is 44.9. The summed E-state index contributed by atoms with van der Waals surface area (Å²) < 4.78 is 38.2. The van der Waals surface area contributed by atoms with E-state index in [1.165, 1.54) is 12.1 Å². The third kappa shape index (κ3) is 13.8. The van der Waals surface area contributed by atoms with Gasteiger partial charge >= 0.3 is 0 Å². The third-order valence-corrected chi connectivity index (χ3v) is 13.5. The van der Waals surface area contributed by atoms with Crippen LogP contribution in [0.2, 0.25) is 0 Å². The molecule has 0 aliphatic heterocycles. The summed E-state index contributed by atoms with van der Waals surface area (Å²) in [5.74, 6) is -0.287. The van der Waals surface area contributed by atoms with E-state index in [9.17, 15) is 19.8 Å². The van der Waals surface area contributed by atoms with E-state index in [0.717, 1.165) is 33.4 Å². The molecule has 0 radical (unpaired) electrons. The average Bonchev–Trinajstić information content (AvgIpc) is 3.72. The monoisotopic (exact) mass is 1080 g/mol. The van der Waals surface area contributed by atoms with Gasteiger partial charge in [-0.25, -0.2) is 0 Å². The predicted octanol–water partition coefficient (Wildman–Crippen LogP) is 16.0. The molecule has 0 saturated carbocycles. The average molecular weight is 1080 g/mol. The van der Waals surface area contributed by atoms with E-state index in [4.69, 9.17) is 28.4 Å². The quantitative estimate of drug-likeness (QED) is 0.0421. The molecule has 10 nitrogen and oxygen atoms in total. The normalized spacial score (nSPS) is 10.8. The van der Waals surface area contributed by atoms with Gasteiger partial charge in [-0.15, -0.1) is 0 Å². The first kappa shape index (κ1) is 54.8. The summed E-state index contributed by atoms with van der Waals surface area (Å²) in [5.41, 5.74) is 6.93. The van der Waals surface area contributed by atoms with Crippen molar-refractivity contribution in [3.05, 3.63) is 311 Å². The number of aromatic hydroxyl groups is 2. The van der Waals surface area contributed by atoms with E-state index < -0.39 is 11.6 Å². The molecule has 0 aliphatic rings. The highest BCUT2D eigenvalue weighted by atomic mass is 16.5. The van der Waals surface area contributed by atoms with Crippen LogP contribution in [0.5, 0.6) is 46.0 Å². The SMILES string of the molecule is C=C(C(=O)c1c(O)cc(OCc2ccccc2)cc1OCc1ccccc1)c1ccc(OCc2ccccc2)c(-c2cc(C(=C)C(=O)c3c(O)cc(OCc4ccccc4)cc3OCc3ccccc3)ccc2OCc2ccccc2)c1. The fraction of sp³-hybridized carbons (Fsp3) is 0.0833. The van der Waals surface area contributed by atoms with Crippen LogP contribution in [-0.2, 0) is 39.6 Å². The van der Waals surface area contributed by atoms with Crippen LogP contribution in [0.25, 0.3) is 22.3 Å². The Morgan fingerprint density at radius 2 is 0.561 bits per heavy atom. The van der Waals surface area contributed by atoms with Gasteiger partial charge in [-0.2, -0.15) is 0 Å². The second-order valence-corrected chi connectivity index (χ2v) is 19.3. The summed E-state index contributed by atoms with van der Waals surface area (Å²) in [4.78, 5) is 30.0. The number of allylic oxidation sites excluding steroid dienone is 2. The van der Waals surface area contributed by atoms with Crippen LogP contribution in [0, 0.1) is 0 Å². The van der Waals surface area contributed by atoms with E-state index in [-0.39, 0.29) is 84.9 Å². The molecular weight excluding hydrogens is 1020 g/mol. The smallest absolute Gasteiger partial charge is 0.200 e. The molecule has 0 saturated heterocycles. The van der Waals surface area contributed by atoms with Crippen LogP contribution in [0.15, 0.2) is 256 Å². The number of hydrogen-bond donors (Lipinski definition) is 2. The van der Waals surface area contributed by atoms with E-state index in [0.29, 0.717) is 45.3 Å². The Morgan fingerprint density at radius 3 is 0.841 bits per heavy atom. The van der Waals surface area contributed by atoms with Gasteiger partial charge < -0.3 is 38.6 Å². The van der Waals surface area contributed by atoms with Gasteiger partial charge in [-0.1, -0.05) is 207 Å². The molecule has 10 rings (SSSR count). The Bertz CT molecular complexity index is 3580. The molecule has 2 N–H and O–H groups in total. The lowest BCUT2D eigenvalue weighted by Gasteiger charge is -2.20. The molecule has 0 aromatic heterocycles. The number of carbonyl (C=O) groups is 2. The fourth-order valence-corrected chi connectivity index (χ4v) is 9.10. The number of carbonyl (C=O) groups excluding carboxylic acids is 2. The minimum absolute atomic E-state index is 0.0332.